The third kappa shape index (κ3) is 6.67. The number of aromatic nitrogens is 2. The zero-order chi connectivity index (χ0) is 23.9. The van der Waals surface area contributed by atoms with Crippen molar-refractivity contribution >= 4 is 40.8 Å². The van der Waals surface area contributed by atoms with E-state index >= 15 is 0 Å². The smallest absolute Gasteiger partial charge is 0.368 e. The van der Waals surface area contributed by atoms with Crippen LogP contribution in [0.5, 0.6) is 0 Å². The number of rotatable bonds is 11. The van der Waals surface area contributed by atoms with E-state index in [4.69, 9.17) is 5.73 Å². The molecule has 1 aromatic carbocycles. The first-order chi connectivity index (χ1) is 15.0. The molecular formula is C20H21F3N4O4S. The SMILES string of the molecule is CC(=O)c1cccc(N(C(=O)c2ncc[nH]2)[C@@H](CCCSCC(=O)C(F)(F)F)C(N)=O)c1. The topological polar surface area (TPSA) is 126 Å². The fraction of sp³-hybridized carbons (Fsp3) is 0.350. The summed E-state index contributed by atoms with van der Waals surface area (Å²) in [5.41, 5.74) is 6.09. The summed E-state index contributed by atoms with van der Waals surface area (Å²) in [6, 6.07) is 4.91. The second-order valence-corrected chi connectivity index (χ2v) is 7.86. The number of nitrogens with zero attached hydrogens (tertiary/aromatic N) is 2. The summed E-state index contributed by atoms with van der Waals surface area (Å²) in [7, 11) is 0. The van der Waals surface area contributed by atoms with E-state index in [1.807, 2.05) is 0 Å². The monoisotopic (exact) mass is 470 g/mol. The fourth-order valence-corrected chi connectivity index (χ4v) is 3.70. The average Bonchev–Trinajstić information content (AvgIpc) is 3.26. The molecule has 0 aliphatic rings. The van der Waals surface area contributed by atoms with Gasteiger partial charge in [-0.25, -0.2) is 4.98 Å². The summed E-state index contributed by atoms with van der Waals surface area (Å²) < 4.78 is 36.9. The number of benzene rings is 1. The number of imidazole rings is 1. The molecule has 8 nitrogen and oxygen atoms in total. The summed E-state index contributed by atoms with van der Waals surface area (Å²) in [6.45, 7) is 1.35. The summed E-state index contributed by atoms with van der Waals surface area (Å²) in [4.78, 5) is 55.7. The van der Waals surface area contributed by atoms with Gasteiger partial charge in [-0.3, -0.25) is 24.1 Å². The van der Waals surface area contributed by atoms with Crippen LogP contribution in [0.25, 0.3) is 0 Å². The first-order valence-electron chi connectivity index (χ1n) is 9.43. The quantitative estimate of drug-likeness (QED) is 0.384. The highest BCUT2D eigenvalue weighted by molar-refractivity contribution is 7.99. The van der Waals surface area contributed by atoms with Gasteiger partial charge in [0.05, 0.1) is 5.75 Å². The highest BCUT2D eigenvalue weighted by Gasteiger charge is 2.37. The van der Waals surface area contributed by atoms with Crippen LogP contribution >= 0.6 is 11.8 Å². The Kier molecular flexibility index (Phi) is 8.58. The number of alkyl halides is 3. The number of aromatic amines is 1. The molecule has 0 bridgehead atoms. The molecule has 32 heavy (non-hydrogen) atoms. The minimum Gasteiger partial charge on any atom is -0.368 e. The molecule has 172 valence electrons. The fourth-order valence-electron chi connectivity index (χ4n) is 2.83. The number of nitrogens with two attached hydrogens (primary N) is 1. The van der Waals surface area contributed by atoms with Crippen molar-refractivity contribution in [2.24, 2.45) is 5.73 Å². The molecule has 2 aromatic rings. The number of primary amides is 1. The van der Waals surface area contributed by atoms with E-state index in [0.29, 0.717) is 5.56 Å². The van der Waals surface area contributed by atoms with Gasteiger partial charge in [-0.2, -0.15) is 24.9 Å². The molecule has 0 radical (unpaired) electrons. The number of anilines is 1. The van der Waals surface area contributed by atoms with E-state index in [2.05, 4.69) is 9.97 Å². The number of thioether (sulfide) groups is 1. The summed E-state index contributed by atoms with van der Waals surface area (Å²) in [6.07, 6.45) is -1.89. The van der Waals surface area contributed by atoms with Crippen LogP contribution in [0.1, 0.15) is 40.7 Å². The van der Waals surface area contributed by atoms with E-state index in [1.54, 1.807) is 12.1 Å². The Balaban J connectivity index is 2.22. The van der Waals surface area contributed by atoms with Crippen molar-refractivity contribution < 1.29 is 32.3 Å². The van der Waals surface area contributed by atoms with Gasteiger partial charge in [0.2, 0.25) is 11.7 Å². The normalized spacial score (nSPS) is 12.2. The molecule has 0 aliphatic heterocycles. The minimum absolute atomic E-state index is 0.0271. The van der Waals surface area contributed by atoms with Gasteiger partial charge in [0.25, 0.3) is 5.91 Å². The minimum atomic E-state index is -4.89. The first-order valence-corrected chi connectivity index (χ1v) is 10.6. The molecule has 0 unspecified atom stereocenters. The van der Waals surface area contributed by atoms with E-state index in [1.165, 1.54) is 31.5 Å². The van der Waals surface area contributed by atoms with Gasteiger partial charge in [0.15, 0.2) is 11.6 Å². The van der Waals surface area contributed by atoms with E-state index < -0.39 is 35.6 Å². The Bertz CT molecular complexity index is 979. The molecule has 2 amide bonds. The predicted octanol–water partition coefficient (Wildman–Crippen LogP) is 2.76. The van der Waals surface area contributed by atoms with Crippen molar-refractivity contribution in [2.45, 2.75) is 32.0 Å². The van der Waals surface area contributed by atoms with Crippen LogP contribution in [-0.4, -0.2) is 57.1 Å². The Morgan fingerprint density at radius 1 is 1.25 bits per heavy atom. The van der Waals surface area contributed by atoms with Crippen molar-refractivity contribution in [3.63, 3.8) is 0 Å². The van der Waals surface area contributed by atoms with Crippen molar-refractivity contribution in [1.82, 2.24) is 9.97 Å². The van der Waals surface area contributed by atoms with Crippen LogP contribution in [0.2, 0.25) is 0 Å². The lowest BCUT2D eigenvalue weighted by molar-refractivity contribution is -0.167. The number of hydrogen-bond donors (Lipinski definition) is 2. The Labute approximate surface area is 185 Å². The number of hydrogen-bond acceptors (Lipinski definition) is 6. The molecule has 0 aliphatic carbocycles. The Morgan fingerprint density at radius 2 is 1.97 bits per heavy atom. The van der Waals surface area contributed by atoms with Crippen molar-refractivity contribution in [3.8, 4) is 0 Å². The summed E-state index contributed by atoms with van der Waals surface area (Å²) >= 11 is 0.774. The third-order valence-corrected chi connectivity index (χ3v) is 5.45. The average molecular weight is 470 g/mol. The van der Waals surface area contributed by atoms with Crippen LogP contribution in [0.4, 0.5) is 18.9 Å². The van der Waals surface area contributed by atoms with E-state index in [-0.39, 0.29) is 35.9 Å². The van der Waals surface area contributed by atoms with Crippen LogP contribution in [0, 0.1) is 0 Å². The molecule has 12 heteroatoms. The van der Waals surface area contributed by atoms with Gasteiger partial charge in [0, 0.05) is 23.6 Å². The molecule has 0 spiro atoms. The maximum absolute atomic E-state index is 13.1. The molecule has 0 saturated heterocycles. The third-order valence-electron chi connectivity index (χ3n) is 4.41. The maximum Gasteiger partial charge on any atom is 0.450 e. The molecular weight excluding hydrogens is 449 g/mol. The first kappa shape index (κ1) is 25.1. The maximum atomic E-state index is 13.1. The van der Waals surface area contributed by atoms with Crippen LogP contribution in [0.15, 0.2) is 36.7 Å². The predicted molar refractivity (Wildman–Crippen MR) is 112 cm³/mol. The van der Waals surface area contributed by atoms with Gasteiger partial charge in [-0.05, 0) is 37.7 Å². The Morgan fingerprint density at radius 3 is 2.53 bits per heavy atom. The molecule has 3 N–H and O–H groups in total. The summed E-state index contributed by atoms with van der Waals surface area (Å²) in [5.74, 6) is -4.26. The zero-order valence-corrected chi connectivity index (χ0v) is 17.8. The molecule has 0 saturated carbocycles. The molecule has 2 rings (SSSR count). The lowest BCUT2D eigenvalue weighted by atomic mass is 10.1. The van der Waals surface area contributed by atoms with Crippen molar-refractivity contribution in [2.75, 3.05) is 16.4 Å². The summed E-state index contributed by atoms with van der Waals surface area (Å²) in [5, 5.41) is 0. The number of carbonyl (C=O) groups excluding carboxylic acids is 4. The highest BCUT2D eigenvalue weighted by atomic mass is 32.2. The molecule has 0 fully saturated rings. The zero-order valence-electron chi connectivity index (χ0n) is 17.0. The molecule has 1 heterocycles. The number of ketones is 2. The highest BCUT2D eigenvalue weighted by Crippen LogP contribution is 2.24. The van der Waals surface area contributed by atoms with Crippen molar-refractivity contribution in [1.29, 1.82) is 0 Å². The number of H-pyrrole nitrogens is 1. The van der Waals surface area contributed by atoms with Crippen LogP contribution in [0.3, 0.4) is 0 Å². The standard InChI is InChI=1S/C20H21F3N4O4S/c1-12(28)13-4-2-5-14(10-13)27(19(31)18-25-7-8-26-18)15(17(24)30)6-3-9-32-11-16(29)20(21,22)23/h2,4-5,7-8,10,15H,3,6,9,11H2,1H3,(H2,24,30)(H,25,26)/t15-/m0/s1. The lowest BCUT2D eigenvalue weighted by Crippen LogP contribution is -2.48. The van der Waals surface area contributed by atoms with Gasteiger partial charge >= 0.3 is 6.18 Å². The lowest BCUT2D eigenvalue weighted by Gasteiger charge is -2.29. The second-order valence-electron chi connectivity index (χ2n) is 6.75. The van der Waals surface area contributed by atoms with Crippen LogP contribution in [-0.2, 0) is 9.59 Å². The largest absolute Gasteiger partial charge is 0.450 e. The number of nitrogens with one attached hydrogen (secondary N) is 1. The van der Waals surface area contributed by atoms with Gasteiger partial charge in [0.1, 0.15) is 6.04 Å². The van der Waals surface area contributed by atoms with E-state index in [9.17, 15) is 32.3 Å². The number of amides is 2. The van der Waals surface area contributed by atoms with Gasteiger partial charge in [-0.15, -0.1) is 0 Å². The number of Topliss-reactive ketones (excluding diaryl/α,β-unsaturated/α-hetero) is 2. The number of halogens is 3. The van der Waals surface area contributed by atoms with Gasteiger partial charge < -0.3 is 10.7 Å². The number of carbonyl (C=O) groups is 4. The van der Waals surface area contributed by atoms with Crippen LogP contribution < -0.4 is 10.6 Å². The second kappa shape index (κ2) is 10.9. The van der Waals surface area contributed by atoms with E-state index in [0.717, 1.165) is 16.7 Å². The Hall–Kier alpha value is -3.15. The molecule has 1 aromatic heterocycles. The van der Waals surface area contributed by atoms with Gasteiger partial charge in [-0.1, -0.05) is 12.1 Å². The van der Waals surface area contributed by atoms with Crippen molar-refractivity contribution in [3.05, 3.63) is 48.0 Å². The molecule has 1 atom stereocenters.